The fourth-order valence-corrected chi connectivity index (χ4v) is 9.31. The summed E-state index contributed by atoms with van der Waals surface area (Å²) in [5.41, 5.74) is 11.6. The molecule has 1 aliphatic heterocycles. The molecular formula is C40H23NO2S. The molecule has 0 atom stereocenters. The molecule has 0 amide bonds. The van der Waals surface area contributed by atoms with E-state index < -0.39 is 9.84 Å². The Morgan fingerprint density at radius 3 is 1.77 bits per heavy atom. The minimum Gasteiger partial charge on any atom is -0.309 e. The molecule has 2 aliphatic rings. The average molecular weight is 582 g/mol. The molecule has 0 fully saturated rings. The van der Waals surface area contributed by atoms with E-state index in [0.29, 0.717) is 9.79 Å². The zero-order valence-corrected chi connectivity index (χ0v) is 24.3. The van der Waals surface area contributed by atoms with E-state index in [1.165, 1.54) is 0 Å². The lowest BCUT2D eigenvalue weighted by atomic mass is 9.93. The third-order valence-electron chi connectivity index (χ3n) is 9.44. The summed E-state index contributed by atoms with van der Waals surface area (Å²) in [6.07, 6.45) is 0. The van der Waals surface area contributed by atoms with Crippen molar-refractivity contribution in [2.24, 2.45) is 0 Å². The van der Waals surface area contributed by atoms with E-state index in [1.807, 2.05) is 24.3 Å². The summed E-state index contributed by atoms with van der Waals surface area (Å²) < 4.78 is 30.0. The first-order valence-electron chi connectivity index (χ1n) is 14.8. The molecule has 1 aliphatic carbocycles. The van der Waals surface area contributed by atoms with Crippen molar-refractivity contribution >= 4 is 42.4 Å². The molecule has 0 saturated heterocycles. The number of rotatable bonds is 3. The maximum Gasteiger partial charge on any atom is 0.207 e. The zero-order chi connectivity index (χ0) is 29.2. The molecule has 8 aromatic rings. The van der Waals surface area contributed by atoms with Crippen molar-refractivity contribution in [1.29, 1.82) is 0 Å². The van der Waals surface area contributed by atoms with E-state index in [2.05, 4.69) is 108 Å². The highest BCUT2D eigenvalue weighted by Crippen LogP contribution is 2.56. The van der Waals surface area contributed by atoms with Crippen LogP contribution in [0.2, 0.25) is 0 Å². The first-order valence-corrected chi connectivity index (χ1v) is 16.3. The Hall–Kier alpha value is -5.45. The van der Waals surface area contributed by atoms with E-state index in [0.717, 1.165) is 82.8 Å². The molecule has 0 spiro atoms. The molecule has 0 radical (unpaired) electrons. The number of fused-ring (bicyclic) bond motifs is 1. The van der Waals surface area contributed by atoms with Crippen LogP contribution in [0.15, 0.2) is 149 Å². The van der Waals surface area contributed by atoms with E-state index >= 15 is 0 Å². The van der Waals surface area contributed by atoms with E-state index in [4.69, 9.17) is 0 Å². The quantitative estimate of drug-likeness (QED) is 0.208. The van der Waals surface area contributed by atoms with Gasteiger partial charge in [0.15, 0.2) is 0 Å². The normalized spacial score (nSPS) is 13.8. The molecule has 44 heavy (non-hydrogen) atoms. The first-order chi connectivity index (χ1) is 21.6. The monoisotopic (exact) mass is 581 g/mol. The van der Waals surface area contributed by atoms with Crippen molar-refractivity contribution in [3.8, 4) is 50.2 Å². The van der Waals surface area contributed by atoms with Gasteiger partial charge in [-0.2, -0.15) is 0 Å². The lowest BCUT2D eigenvalue weighted by molar-refractivity contribution is 0.599. The van der Waals surface area contributed by atoms with Crippen LogP contribution in [0.5, 0.6) is 0 Å². The van der Waals surface area contributed by atoms with E-state index in [1.54, 1.807) is 12.1 Å². The van der Waals surface area contributed by atoms with Crippen molar-refractivity contribution in [2.45, 2.75) is 9.79 Å². The Kier molecular flexibility index (Phi) is 4.56. The third kappa shape index (κ3) is 2.98. The van der Waals surface area contributed by atoms with Crippen LogP contribution >= 0.6 is 0 Å². The molecular weight excluding hydrogens is 559 g/mol. The summed E-state index contributed by atoms with van der Waals surface area (Å²) in [5, 5.41) is 4.34. The summed E-state index contributed by atoms with van der Waals surface area (Å²) in [4.78, 5) is 0.818. The summed E-state index contributed by atoms with van der Waals surface area (Å²) >= 11 is 0. The SMILES string of the molecule is O=S1(=O)c2cccc3c2-c2c1ccc1ccc4c(c21)c1c-3cccc1n4-c1cc(-c2ccccc2)cc(-c2ccccc2)c1. The Balaban J connectivity index is 1.40. The number of sulfone groups is 1. The molecule has 2 heterocycles. The van der Waals surface area contributed by atoms with Crippen LogP contribution in [0.4, 0.5) is 0 Å². The number of hydrogen-bond acceptors (Lipinski definition) is 2. The van der Waals surface area contributed by atoms with Crippen LogP contribution in [-0.4, -0.2) is 13.0 Å². The average Bonchev–Trinajstić information content (AvgIpc) is 3.49. The minimum absolute atomic E-state index is 0.408. The topological polar surface area (TPSA) is 39.1 Å². The number of benzene rings is 7. The predicted molar refractivity (Wildman–Crippen MR) is 179 cm³/mol. The maximum absolute atomic E-state index is 13.8. The van der Waals surface area contributed by atoms with Gasteiger partial charge >= 0.3 is 0 Å². The first kappa shape index (κ1) is 24.0. The predicted octanol–water partition coefficient (Wildman–Crippen LogP) is 10.1. The van der Waals surface area contributed by atoms with E-state index in [9.17, 15) is 8.42 Å². The summed E-state index contributed by atoms with van der Waals surface area (Å²) in [6.45, 7) is 0. The van der Waals surface area contributed by atoms with Crippen LogP contribution in [-0.2, 0) is 9.84 Å². The van der Waals surface area contributed by atoms with Crippen LogP contribution in [0.3, 0.4) is 0 Å². The second kappa shape index (κ2) is 8.34. The van der Waals surface area contributed by atoms with Crippen LogP contribution < -0.4 is 0 Å². The van der Waals surface area contributed by atoms with Crippen LogP contribution in [0.25, 0.3) is 82.8 Å². The van der Waals surface area contributed by atoms with Gasteiger partial charge in [-0.3, -0.25) is 0 Å². The highest BCUT2D eigenvalue weighted by Gasteiger charge is 2.38. The molecule has 10 rings (SSSR count). The van der Waals surface area contributed by atoms with Crippen molar-refractivity contribution in [2.75, 3.05) is 0 Å². The van der Waals surface area contributed by atoms with Gasteiger partial charge in [-0.15, -0.1) is 0 Å². The maximum atomic E-state index is 13.8. The van der Waals surface area contributed by atoms with E-state index in [-0.39, 0.29) is 0 Å². The zero-order valence-electron chi connectivity index (χ0n) is 23.5. The third-order valence-corrected chi connectivity index (χ3v) is 11.3. The Labute approximate surface area is 254 Å². The van der Waals surface area contributed by atoms with Crippen molar-refractivity contribution in [3.63, 3.8) is 0 Å². The molecule has 0 unspecified atom stereocenters. The number of nitrogens with zero attached hydrogens (tertiary/aromatic N) is 1. The van der Waals surface area contributed by atoms with Crippen molar-refractivity contribution in [3.05, 3.63) is 140 Å². The van der Waals surface area contributed by atoms with Gasteiger partial charge in [0.25, 0.3) is 0 Å². The fourth-order valence-electron chi connectivity index (χ4n) is 7.61. The second-order valence-electron chi connectivity index (χ2n) is 11.7. The smallest absolute Gasteiger partial charge is 0.207 e. The highest BCUT2D eigenvalue weighted by molar-refractivity contribution is 7.92. The van der Waals surface area contributed by atoms with Crippen LogP contribution in [0.1, 0.15) is 0 Å². The lowest BCUT2D eigenvalue weighted by Crippen LogP contribution is -1.97. The van der Waals surface area contributed by atoms with Gasteiger partial charge in [0, 0.05) is 33.0 Å². The second-order valence-corrected chi connectivity index (χ2v) is 13.6. The molecule has 0 N–H and O–H groups in total. The van der Waals surface area contributed by atoms with Gasteiger partial charge in [0.1, 0.15) is 0 Å². The Bertz CT molecular complexity index is 2590. The number of hydrogen-bond donors (Lipinski definition) is 0. The standard InChI is InChI=1S/C40H23NO2S/c42-44(43)34-16-8-14-31-30-13-7-15-32-37(30)39-33(19-17-26-18-20-35(44)40(36(26)39)38(31)34)41(32)29-22-27(24-9-3-1-4-10-24)21-28(23-29)25-11-5-2-6-12-25/h1-23H. The molecule has 0 saturated carbocycles. The van der Waals surface area contributed by atoms with Gasteiger partial charge in [-0.1, -0.05) is 97.1 Å². The number of aromatic nitrogens is 1. The lowest BCUT2D eigenvalue weighted by Gasteiger charge is -2.15. The Morgan fingerprint density at radius 2 is 1.05 bits per heavy atom. The van der Waals surface area contributed by atoms with Gasteiger partial charge in [0.2, 0.25) is 9.84 Å². The van der Waals surface area contributed by atoms with Crippen molar-refractivity contribution in [1.82, 2.24) is 4.57 Å². The molecule has 206 valence electrons. The largest absolute Gasteiger partial charge is 0.309 e. The molecule has 4 heteroatoms. The van der Waals surface area contributed by atoms with Gasteiger partial charge in [0.05, 0.1) is 20.8 Å². The van der Waals surface area contributed by atoms with Crippen molar-refractivity contribution < 1.29 is 8.42 Å². The van der Waals surface area contributed by atoms with Gasteiger partial charge in [-0.05, 0) is 81.2 Å². The van der Waals surface area contributed by atoms with Gasteiger partial charge in [-0.25, -0.2) is 8.42 Å². The molecule has 3 nitrogen and oxygen atoms in total. The molecule has 0 bridgehead atoms. The van der Waals surface area contributed by atoms with Crippen LogP contribution in [0, 0.1) is 0 Å². The van der Waals surface area contributed by atoms with Gasteiger partial charge < -0.3 is 4.57 Å². The minimum atomic E-state index is -3.61. The summed E-state index contributed by atoms with van der Waals surface area (Å²) in [6, 6.07) is 48.1. The summed E-state index contributed by atoms with van der Waals surface area (Å²) in [7, 11) is -3.61. The molecule has 1 aromatic heterocycles. The molecule has 7 aromatic carbocycles. The Morgan fingerprint density at radius 1 is 0.432 bits per heavy atom. The summed E-state index contributed by atoms with van der Waals surface area (Å²) in [5.74, 6) is 0. The highest BCUT2D eigenvalue weighted by atomic mass is 32.2. The fraction of sp³-hybridized carbons (Fsp3) is 0.